The van der Waals surface area contributed by atoms with Crippen molar-refractivity contribution in [1.29, 1.82) is 0 Å². The lowest BCUT2D eigenvalue weighted by atomic mass is 9.96. The number of nitrogens with zero attached hydrogens (tertiary/aromatic N) is 1. The van der Waals surface area contributed by atoms with Crippen molar-refractivity contribution in [3.05, 3.63) is 35.9 Å². The van der Waals surface area contributed by atoms with E-state index in [-0.39, 0.29) is 24.3 Å². The number of carbonyl (C=O) groups excluding carboxylic acids is 1. The van der Waals surface area contributed by atoms with E-state index >= 15 is 0 Å². The Morgan fingerprint density at radius 3 is 2.38 bits per heavy atom. The van der Waals surface area contributed by atoms with Crippen LogP contribution in [0.5, 0.6) is 0 Å². The Bertz CT molecular complexity index is 624. The van der Waals surface area contributed by atoms with E-state index in [1.54, 1.807) is 0 Å². The lowest BCUT2D eigenvalue weighted by molar-refractivity contribution is -0.135. The third-order valence-corrected chi connectivity index (χ3v) is 5.36. The minimum Gasteiger partial charge on any atom is -0.342 e. The van der Waals surface area contributed by atoms with Gasteiger partial charge >= 0.3 is 0 Å². The Kier molecular flexibility index (Phi) is 6.77. The molecule has 1 aliphatic rings. The van der Waals surface area contributed by atoms with Gasteiger partial charge in [-0.25, -0.2) is 4.72 Å². The Hall–Kier alpha value is -1.44. The van der Waals surface area contributed by atoms with Crippen molar-refractivity contribution in [2.24, 2.45) is 11.8 Å². The van der Waals surface area contributed by atoms with E-state index in [1.165, 1.54) is 0 Å². The lowest BCUT2D eigenvalue weighted by Crippen LogP contribution is -2.44. The SMILES string of the molecule is CC(C)C(=O)N1CCC(CNS(=O)(=O)NCc2ccccc2)CC1. The van der Waals surface area contributed by atoms with Crippen LogP contribution in [0, 0.1) is 11.8 Å². The normalized spacial score (nSPS) is 16.5. The smallest absolute Gasteiger partial charge is 0.277 e. The van der Waals surface area contributed by atoms with E-state index < -0.39 is 10.2 Å². The first-order chi connectivity index (χ1) is 11.4. The van der Waals surface area contributed by atoms with Crippen LogP contribution in [-0.4, -0.2) is 38.9 Å². The van der Waals surface area contributed by atoms with Crippen LogP contribution in [0.15, 0.2) is 30.3 Å². The first-order valence-corrected chi connectivity index (χ1v) is 9.92. The van der Waals surface area contributed by atoms with Crippen molar-refractivity contribution in [3.8, 4) is 0 Å². The topological polar surface area (TPSA) is 78.5 Å². The highest BCUT2D eigenvalue weighted by atomic mass is 32.2. The van der Waals surface area contributed by atoms with Gasteiger partial charge in [0.25, 0.3) is 10.2 Å². The molecule has 6 nitrogen and oxygen atoms in total. The van der Waals surface area contributed by atoms with Gasteiger partial charge < -0.3 is 4.90 Å². The number of hydrogen-bond donors (Lipinski definition) is 2. The van der Waals surface area contributed by atoms with Crippen LogP contribution in [0.3, 0.4) is 0 Å². The van der Waals surface area contributed by atoms with Gasteiger partial charge in [0, 0.05) is 32.1 Å². The molecule has 0 radical (unpaired) electrons. The quantitative estimate of drug-likeness (QED) is 0.780. The minimum absolute atomic E-state index is 0.0160. The highest BCUT2D eigenvalue weighted by Crippen LogP contribution is 2.18. The molecule has 0 atom stereocenters. The average molecular weight is 353 g/mol. The van der Waals surface area contributed by atoms with E-state index in [2.05, 4.69) is 9.44 Å². The fraction of sp³-hybridized carbons (Fsp3) is 0.588. The summed E-state index contributed by atoms with van der Waals surface area (Å²) < 4.78 is 29.2. The van der Waals surface area contributed by atoms with E-state index in [0.29, 0.717) is 19.6 Å². The first kappa shape index (κ1) is 18.9. The minimum atomic E-state index is -3.50. The zero-order chi connectivity index (χ0) is 17.6. The Morgan fingerprint density at radius 1 is 1.17 bits per heavy atom. The highest BCUT2D eigenvalue weighted by Gasteiger charge is 2.25. The lowest BCUT2D eigenvalue weighted by Gasteiger charge is -2.33. The third-order valence-electron chi connectivity index (χ3n) is 4.29. The number of hydrogen-bond acceptors (Lipinski definition) is 3. The van der Waals surface area contributed by atoms with Crippen LogP contribution in [0.25, 0.3) is 0 Å². The molecule has 1 heterocycles. The zero-order valence-corrected chi connectivity index (χ0v) is 15.2. The van der Waals surface area contributed by atoms with Crippen LogP contribution in [0.4, 0.5) is 0 Å². The molecule has 1 aromatic carbocycles. The number of nitrogens with one attached hydrogen (secondary N) is 2. The number of likely N-dealkylation sites (tertiary alicyclic amines) is 1. The molecule has 24 heavy (non-hydrogen) atoms. The maximum atomic E-state index is 12.0. The summed E-state index contributed by atoms with van der Waals surface area (Å²) in [4.78, 5) is 13.8. The summed E-state index contributed by atoms with van der Waals surface area (Å²) in [5.41, 5.74) is 0.920. The molecule has 1 aliphatic heterocycles. The predicted octanol–water partition coefficient (Wildman–Crippen LogP) is 1.51. The van der Waals surface area contributed by atoms with Crippen molar-refractivity contribution >= 4 is 16.1 Å². The second kappa shape index (κ2) is 8.60. The number of benzene rings is 1. The summed E-state index contributed by atoms with van der Waals surface area (Å²) in [7, 11) is -3.50. The molecule has 134 valence electrons. The molecule has 1 amide bonds. The molecule has 2 rings (SSSR count). The zero-order valence-electron chi connectivity index (χ0n) is 14.4. The molecular formula is C17H27N3O3S. The van der Waals surface area contributed by atoms with Gasteiger partial charge in [0.15, 0.2) is 0 Å². The molecule has 0 spiro atoms. The van der Waals surface area contributed by atoms with E-state index in [1.807, 2.05) is 49.1 Å². The second-order valence-corrected chi connectivity index (χ2v) is 8.17. The number of rotatable bonds is 7. The molecule has 0 saturated carbocycles. The van der Waals surface area contributed by atoms with Crippen molar-refractivity contribution in [2.45, 2.75) is 33.2 Å². The summed E-state index contributed by atoms with van der Waals surface area (Å²) in [6, 6.07) is 9.41. The van der Waals surface area contributed by atoms with E-state index in [0.717, 1.165) is 18.4 Å². The number of piperidine rings is 1. The fourth-order valence-electron chi connectivity index (χ4n) is 2.78. The largest absolute Gasteiger partial charge is 0.342 e. The van der Waals surface area contributed by atoms with Crippen molar-refractivity contribution in [2.75, 3.05) is 19.6 Å². The molecule has 0 unspecified atom stereocenters. The molecular weight excluding hydrogens is 326 g/mol. The Morgan fingerprint density at radius 2 is 1.79 bits per heavy atom. The fourth-order valence-corrected chi connectivity index (χ4v) is 3.69. The van der Waals surface area contributed by atoms with Crippen LogP contribution < -0.4 is 9.44 Å². The Labute approximate surface area is 144 Å². The van der Waals surface area contributed by atoms with Gasteiger partial charge in [-0.1, -0.05) is 44.2 Å². The van der Waals surface area contributed by atoms with Gasteiger partial charge in [-0.3, -0.25) is 4.79 Å². The second-order valence-electron chi connectivity index (χ2n) is 6.58. The molecule has 0 aromatic heterocycles. The monoisotopic (exact) mass is 353 g/mol. The summed E-state index contributed by atoms with van der Waals surface area (Å²) in [5.74, 6) is 0.468. The standard InChI is InChI=1S/C17H27N3O3S/c1-14(2)17(21)20-10-8-16(9-11-20)13-19-24(22,23)18-12-15-6-4-3-5-7-15/h3-7,14,16,18-19H,8-13H2,1-2H3. The van der Waals surface area contributed by atoms with Crippen molar-refractivity contribution < 1.29 is 13.2 Å². The third kappa shape index (κ3) is 5.89. The van der Waals surface area contributed by atoms with Gasteiger partial charge in [-0.15, -0.1) is 0 Å². The van der Waals surface area contributed by atoms with E-state index in [9.17, 15) is 13.2 Å². The summed E-state index contributed by atoms with van der Waals surface area (Å²) in [6.07, 6.45) is 1.67. The van der Waals surface area contributed by atoms with Gasteiger partial charge in [0.05, 0.1) is 0 Å². The average Bonchev–Trinajstić information content (AvgIpc) is 2.59. The summed E-state index contributed by atoms with van der Waals surface area (Å²) in [5, 5.41) is 0. The van der Waals surface area contributed by atoms with Crippen LogP contribution in [0.1, 0.15) is 32.3 Å². The maximum absolute atomic E-state index is 12.0. The highest BCUT2D eigenvalue weighted by molar-refractivity contribution is 7.87. The molecule has 7 heteroatoms. The number of carbonyl (C=O) groups is 1. The number of amides is 1. The summed E-state index contributed by atoms with van der Waals surface area (Å²) >= 11 is 0. The molecule has 0 aliphatic carbocycles. The van der Waals surface area contributed by atoms with Crippen LogP contribution >= 0.6 is 0 Å². The molecule has 2 N–H and O–H groups in total. The first-order valence-electron chi connectivity index (χ1n) is 8.44. The van der Waals surface area contributed by atoms with Gasteiger partial charge in [-0.05, 0) is 24.3 Å². The van der Waals surface area contributed by atoms with Gasteiger partial charge in [0.1, 0.15) is 0 Å². The van der Waals surface area contributed by atoms with Crippen LogP contribution in [-0.2, 0) is 21.5 Å². The predicted molar refractivity (Wildman–Crippen MR) is 94.3 cm³/mol. The maximum Gasteiger partial charge on any atom is 0.277 e. The molecule has 0 bridgehead atoms. The van der Waals surface area contributed by atoms with Gasteiger partial charge in [-0.2, -0.15) is 13.1 Å². The Balaban J connectivity index is 1.72. The van der Waals surface area contributed by atoms with Crippen molar-refractivity contribution in [1.82, 2.24) is 14.3 Å². The molecule has 1 aromatic rings. The van der Waals surface area contributed by atoms with Crippen LogP contribution in [0.2, 0.25) is 0 Å². The van der Waals surface area contributed by atoms with Crippen molar-refractivity contribution in [3.63, 3.8) is 0 Å². The molecule has 1 fully saturated rings. The van der Waals surface area contributed by atoms with E-state index in [4.69, 9.17) is 0 Å². The summed E-state index contributed by atoms with van der Waals surface area (Å²) in [6.45, 7) is 5.91. The molecule has 1 saturated heterocycles. The van der Waals surface area contributed by atoms with Gasteiger partial charge in [0.2, 0.25) is 5.91 Å².